The maximum absolute atomic E-state index is 14.7. The average molecular weight is 735 g/mol. The summed E-state index contributed by atoms with van der Waals surface area (Å²) in [6.45, 7) is 7.15. The van der Waals surface area contributed by atoms with Crippen molar-refractivity contribution >= 4 is 69.3 Å². The van der Waals surface area contributed by atoms with Gasteiger partial charge in [-0.05, 0) is 70.1 Å². The quantitative estimate of drug-likeness (QED) is 0.160. The van der Waals surface area contributed by atoms with Gasteiger partial charge in [0, 0.05) is 19.5 Å². The number of amides is 1. The van der Waals surface area contributed by atoms with Crippen LogP contribution >= 0.6 is 38.5 Å². The fraction of sp³-hybridized carbons (Fsp3) is 0.355. The lowest BCUT2D eigenvalue weighted by atomic mass is 9.82. The van der Waals surface area contributed by atoms with E-state index in [0.29, 0.717) is 6.54 Å². The smallest absolute Gasteiger partial charge is 0.308 e. The van der Waals surface area contributed by atoms with E-state index >= 15 is 0 Å². The number of rotatable bonds is 7. The molecule has 1 spiro atoms. The SMILES string of the molecule is COC(=O)C[C@@H]1O[C@@]2(C(=O)N(Cc3ccccc3Br)c3ccc(I)cc32)[C@H](C)[C@H]1[Si](C)(C)c1ccc(OC)cc1. The molecule has 40 heavy (non-hydrogen) atoms. The van der Waals surface area contributed by atoms with Crippen molar-refractivity contribution < 1.29 is 23.8 Å². The third-order valence-electron chi connectivity index (χ3n) is 8.68. The molecule has 0 radical (unpaired) electrons. The lowest BCUT2D eigenvalue weighted by molar-refractivity contribution is -0.153. The van der Waals surface area contributed by atoms with Crippen LogP contribution in [0.25, 0.3) is 0 Å². The molecule has 1 saturated heterocycles. The van der Waals surface area contributed by atoms with E-state index in [4.69, 9.17) is 14.2 Å². The maximum Gasteiger partial charge on any atom is 0.308 e. The molecule has 9 heteroatoms. The second-order valence-corrected chi connectivity index (χ2v) is 17.9. The Balaban J connectivity index is 1.63. The summed E-state index contributed by atoms with van der Waals surface area (Å²) in [4.78, 5) is 29.2. The van der Waals surface area contributed by atoms with Crippen LogP contribution in [0.4, 0.5) is 5.69 Å². The maximum atomic E-state index is 14.7. The summed E-state index contributed by atoms with van der Waals surface area (Å²) < 4.78 is 19.4. The second kappa shape index (κ2) is 11.2. The van der Waals surface area contributed by atoms with Gasteiger partial charge in [-0.1, -0.05) is 71.5 Å². The second-order valence-electron chi connectivity index (χ2n) is 11.1. The molecule has 0 aromatic heterocycles. The number of hydrogen-bond donors (Lipinski definition) is 0. The average Bonchev–Trinajstić information content (AvgIpc) is 3.36. The van der Waals surface area contributed by atoms with Gasteiger partial charge in [-0.2, -0.15) is 0 Å². The van der Waals surface area contributed by atoms with Crippen molar-refractivity contribution in [2.45, 2.75) is 50.2 Å². The minimum atomic E-state index is -2.32. The molecule has 1 amide bonds. The van der Waals surface area contributed by atoms with E-state index in [2.05, 4.69) is 76.7 Å². The van der Waals surface area contributed by atoms with E-state index in [0.717, 1.165) is 30.6 Å². The summed E-state index contributed by atoms with van der Waals surface area (Å²) in [5.74, 6) is 0.199. The van der Waals surface area contributed by atoms with Gasteiger partial charge >= 0.3 is 5.97 Å². The Hall–Kier alpha value is -2.21. The number of hydrogen-bond acceptors (Lipinski definition) is 5. The van der Waals surface area contributed by atoms with Crippen LogP contribution < -0.4 is 14.8 Å². The Kier molecular flexibility index (Phi) is 8.22. The van der Waals surface area contributed by atoms with Crippen molar-refractivity contribution in [3.63, 3.8) is 0 Å². The number of nitrogens with zero attached hydrogens (tertiary/aromatic N) is 1. The van der Waals surface area contributed by atoms with Crippen molar-refractivity contribution in [3.8, 4) is 5.75 Å². The fourth-order valence-electron chi connectivity index (χ4n) is 6.69. The molecule has 0 unspecified atom stereocenters. The molecule has 0 bridgehead atoms. The van der Waals surface area contributed by atoms with Gasteiger partial charge < -0.3 is 19.1 Å². The molecule has 1 fully saturated rings. The van der Waals surface area contributed by atoms with Gasteiger partial charge in [-0.25, -0.2) is 0 Å². The van der Waals surface area contributed by atoms with Gasteiger partial charge in [0.05, 0.1) is 47.1 Å². The molecule has 0 aliphatic carbocycles. The van der Waals surface area contributed by atoms with Crippen LogP contribution in [0.3, 0.4) is 0 Å². The van der Waals surface area contributed by atoms with E-state index in [9.17, 15) is 9.59 Å². The first-order valence-electron chi connectivity index (χ1n) is 13.3. The molecule has 2 aliphatic rings. The Bertz CT molecular complexity index is 1450. The highest BCUT2D eigenvalue weighted by Crippen LogP contribution is 2.60. The van der Waals surface area contributed by atoms with Gasteiger partial charge in [0.1, 0.15) is 5.75 Å². The van der Waals surface area contributed by atoms with E-state index in [1.165, 1.54) is 12.3 Å². The number of carbonyl (C=O) groups is 2. The number of benzene rings is 3. The van der Waals surface area contributed by atoms with Crippen LogP contribution in [-0.4, -0.2) is 40.3 Å². The molecular formula is C31H33BrINO5Si. The topological polar surface area (TPSA) is 65.1 Å². The molecule has 2 aliphatic heterocycles. The first-order valence-corrected chi connectivity index (χ1v) is 18.2. The third-order valence-corrected chi connectivity index (χ3v) is 14.5. The Morgan fingerprint density at radius 3 is 2.45 bits per heavy atom. The summed E-state index contributed by atoms with van der Waals surface area (Å²) in [5.41, 5.74) is 1.52. The van der Waals surface area contributed by atoms with Gasteiger partial charge in [-0.15, -0.1) is 0 Å². The largest absolute Gasteiger partial charge is 0.497 e. The number of methoxy groups -OCH3 is 2. The zero-order valence-corrected chi connectivity index (χ0v) is 28.0. The standard InChI is InChI=1S/C31H33BrINO5Si/c1-19-29(40(4,5)23-13-11-22(37-2)12-14-23)27(17-28(35)38-3)39-31(19)24-16-21(33)10-15-26(24)34(30(31)36)18-20-8-6-7-9-25(20)32/h6-16,19,27,29H,17-18H2,1-5H3/t19-,27+,29-,31+/m1/s1. The predicted octanol–water partition coefficient (Wildman–Crippen LogP) is 6.39. The summed E-state index contributed by atoms with van der Waals surface area (Å²) in [6.07, 6.45) is -0.374. The monoisotopic (exact) mass is 733 g/mol. The van der Waals surface area contributed by atoms with E-state index in [1.54, 1.807) is 7.11 Å². The molecule has 0 saturated carbocycles. The molecule has 5 rings (SSSR count). The van der Waals surface area contributed by atoms with Crippen LogP contribution in [0, 0.1) is 9.49 Å². The van der Waals surface area contributed by atoms with Gasteiger partial charge in [0.25, 0.3) is 5.91 Å². The van der Waals surface area contributed by atoms with Gasteiger partial charge in [0.2, 0.25) is 0 Å². The van der Waals surface area contributed by atoms with Crippen molar-refractivity contribution in [1.82, 2.24) is 0 Å². The number of carbonyl (C=O) groups excluding carboxylic acids is 2. The van der Waals surface area contributed by atoms with Crippen LogP contribution in [0.5, 0.6) is 5.75 Å². The molecule has 3 aromatic rings. The van der Waals surface area contributed by atoms with Crippen molar-refractivity contribution in [2.24, 2.45) is 5.92 Å². The van der Waals surface area contributed by atoms with Crippen LogP contribution in [-0.2, 0) is 31.2 Å². The molecule has 6 nitrogen and oxygen atoms in total. The first kappa shape index (κ1) is 29.3. The Labute approximate surface area is 258 Å². The first-order chi connectivity index (χ1) is 19.0. The van der Waals surface area contributed by atoms with Crippen LogP contribution in [0.2, 0.25) is 18.6 Å². The number of halogens is 2. The fourth-order valence-corrected chi connectivity index (χ4v) is 11.6. The molecular weight excluding hydrogens is 701 g/mol. The minimum absolute atomic E-state index is 0.0296. The number of ether oxygens (including phenoxy) is 3. The summed E-state index contributed by atoms with van der Waals surface area (Å²) in [6, 6.07) is 22.3. The van der Waals surface area contributed by atoms with E-state index in [1.807, 2.05) is 53.4 Å². The minimum Gasteiger partial charge on any atom is -0.497 e. The van der Waals surface area contributed by atoms with E-state index in [-0.39, 0.29) is 29.8 Å². The molecule has 210 valence electrons. The number of fused-ring (bicyclic) bond motifs is 2. The predicted molar refractivity (Wildman–Crippen MR) is 171 cm³/mol. The van der Waals surface area contributed by atoms with Crippen LogP contribution in [0.15, 0.2) is 71.2 Å². The Morgan fingerprint density at radius 2 is 1.80 bits per heavy atom. The highest BCUT2D eigenvalue weighted by Gasteiger charge is 2.66. The van der Waals surface area contributed by atoms with Crippen molar-refractivity contribution in [1.29, 1.82) is 0 Å². The zero-order chi connectivity index (χ0) is 28.8. The summed E-state index contributed by atoms with van der Waals surface area (Å²) >= 11 is 5.94. The highest BCUT2D eigenvalue weighted by molar-refractivity contribution is 14.1. The molecule has 2 heterocycles. The van der Waals surface area contributed by atoms with Gasteiger partial charge in [-0.3, -0.25) is 9.59 Å². The van der Waals surface area contributed by atoms with Gasteiger partial charge in [0.15, 0.2) is 5.60 Å². The molecule has 0 N–H and O–H groups in total. The van der Waals surface area contributed by atoms with Crippen molar-refractivity contribution in [3.05, 3.63) is 85.9 Å². The zero-order valence-electron chi connectivity index (χ0n) is 23.2. The third kappa shape index (κ3) is 4.82. The lowest BCUT2D eigenvalue weighted by Crippen LogP contribution is -2.52. The molecule has 3 aromatic carbocycles. The number of esters is 1. The molecule has 4 atom stereocenters. The normalized spacial score (nSPS) is 23.9. The summed E-state index contributed by atoms with van der Waals surface area (Å²) in [7, 11) is 0.736. The van der Waals surface area contributed by atoms with Crippen molar-refractivity contribution in [2.75, 3.05) is 19.1 Å². The van der Waals surface area contributed by atoms with Crippen LogP contribution in [0.1, 0.15) is 24.5 Å². The number of anilines is 1. The highest BCUT2D eigenvalue weighted by atomic mass is 127. The lowest BCUT2D eigenvalue weighted by Gasteiger charge is -2.37. The van der Waals surface area contributed by atoms with E-state index < -0.39 is 19.8 Å². The summed E-state index contributed by atoms with van der Waals surface area (Å²) in [5, 5.41) is 1.22. The Morgan fingerprint density at radius 1 is 1.10 bits per heavy atom.